The molecule has 72 valence electrons. The molecule has 13 heavy (non-hydrogen) atoms. The maximum atomic E-state index is 10.8. The number of nitrogens with zero attached hydrogens (tertiary/aromatic N) is 1. The number of carbonyl (C=O) groups excluding carboxylic acids is 1. The number of aromatic nitrogens is 1. The zero-order valence-electron chi connectivity index (χ0n) is 7.34. The van der Waals surface area contributed by atoms with Gasteiger partial charge in [-0.2, -0.15) is 0 Å². The molecule has 1 aromatic heterocycles. The molecule has 0 fully saturated rings. The molecule has 0 aliphatic heterocycles. The lowest BCUT2D eigenvalue weighted by molar-refractivity contribution is -0.118. The number of alkyl halides is 1. The van der Waals surface area contributed by atoms with Crippen molar-refractivity contribution in [3.63, 3.8) is 0 Å². The molecule has 4 nitrogen and oxygen atoms in total. The summed E-state index contributed by atoms with van der Waals surface area (Å²) in [6.45, 7) is 2.33. The van der Waals surface area contributed by atoms with Gasteiger partial charge < -0.3 is 9.84 Å². The van der Waals surface area contributed by atoms with Crippen molar-refractivity contribution in [3.8, 4) is 0 Å². The number of nitrogens with one attached hydrogen (secondary N) is 1. The Bertz CT molecular complexity index is 285. The fourth-order valence-electron chi connectivity index (χ4n) is 0.839. The van der Waals surface area contributed by atoms with E-state index in [1.54, 1.807) is 0 Å². The molecule has 1 amide bonds. The van der Waals surface area contributed by atoms with Gasteiger partial charge in [0.05, 0.1) is 12.2 Å². The van der Waals surface area contributed by atoms with Crippen LogP contribution in [0.5, 0.6) is 0 Å². The average molecular weight is 203 g/mol. The van der Waals surface area contributed by atoms with E-state index in [-0.39, 0.29) is 11.8 Å². The topological polar surface area (TPSA) is 55.1 Å². The largest absolute Gasteiger partial charge is 0.359 e. The number of aryl methyl sites for hydroxylation is 1. The average Bonchev–Trinajstić information content (AvgIpc) is 2.61. The molecule has 1 N–H and O–H groups in total. The first-order valence-corrected chi connectivity index (χ1v) is 4.56. The van der Waals surface area contributed by atoms with Crippen LogP contribution in [0.15, 0.2) is 10.6 Å². The Hall–Kier alpha value is -1.03. The van der Waals surface area contributed by atoms with Crippen LogP contribution in [0.1, 0.15) is 18.4 Å². The molecule has 0 saturated carbocycles. The zero-order valence-corrected chi connectivity index (χ0v) is 8.10. The lowest BCUT2D eigenvalue weighted by Crippen LogP contribution is -2.23. The Morgan fingerprint density at radius 3 is 3.08 bits per heavy atom. The number of rotatable bonds is 4. The summed E-state index contributed by atoms with van der Waals surface area (Å²) < 4.78 is 4.94. The van der Waals surface area contributed by atoms with Crippen molar-refractivity contribution >= 4 is 17.5 Å². The summed E-state index contributed by atoms with van der Waals surface area (Å²) in [5.41, 5.74) is 0.884. The Balaban J connectivity index is 2.41. The van der Waals surface area contributed by atoms with Crippen LogP contribution in [0, 0.1) is 0 Å². The predicted molar refractivity (Wildman–Crippen MR) is 48.4 cm³/mol. The van der Waals surface area contributed by atoms with Crippen molar-refractivity contribution in [3.05, 3.63) is 17.5 Å². The summed E-state index contributed by atoms with van der Waals surface area (Å²) in [5.74, 6) is 0.404. The molecule has 0 unspecified atom stereocenters. The fourth-order valence-corrected chi connectivity index (χ4v) is 0.933. The second kappa shape index (κ2) is 4.87. The minimum atomic E-state index is -0.212. The van der Waals surface area contributed by atoms with Crippen LogP contribution in [0.3, 0.4) is 0 Å². The van der Waals surface area contributed by atoms with Gasteiger partial charge in [0.15, 0.2) is 5.76 Å². The first-order valence-electron chi connectivity index (χ1n) is 4.03. The fraction of sp³-hybridized carbons (Fsp3) is 0.500. The minimum absolute atomic E-state index is 0.0330. The molecule has 0 aliphatic rings. The van der Waals surface area contributed by atoms with E-state index < -0.39 is 0 Å². The Morgan fingerprint density at radius 2 is 2.54 bits per heavy atom. The number of carbonyl (C=O) groups is 1. The van der Waals surface area contributed by atoms with E-state index in [0.29, 0.717) is 12.3 Å². The highest BCUT2D eigenvalue weighted by Gasteiger charge is 2.03. The van der Waals surface area contributed by atoms with Gasteiger partial charge in [0, 0.05) is 6.07 Å². The summed E-state index contributed by atoms with van der Waals surface area (Å²) in [4.78, 5) is 10.8. The maximum absolute atomic E-state index is 10.8. The molecule has 0 saturated heterocycles. The molecule has 0 spiro atoms. The molecule has 5 heteroatoms. The van der Waals surface area contributed by atoms with Crippen LogP contribution in [0.4, 0.5) is 0 Å². The maximum Gasteiger partial charge on any atom is 0.235 e. The Labute approximate surface area is 81.2 Å². The zero-order chi connectivity index (χ0) is 9.68. The lowest BCUT2D eigenvalue weighted by Gasteiger charge is -1.96. The first-order chi connectivity index (χ1) is 6.26. The monoisotopic (exact) mass is 202 g/mol. The quantitative estimate of drug-likeness (QED) is 0.744. The van der Waals surface area contributed by atoms with Crippen molar-refractivity contribution in [1.82, 2.24) is 10.5 Å². The molecule has 0 aliphatic carbocycles. The highest BCUT2D eigenvalue weighted by molar-refractivity contribution is 6.27. The van der Waals surface area contributed by atoms with Gasteiger partial charge in [0.25, 0.3) is 0 Å². The van der Waals surface area contributed by atoms with Crippen molar-refractivity contribution in [2.45, 2.75) is 19.9 Å². The molecule has 1 rings (SSSR count). The van der Waals surface area contributed by atoms with Gasteiger partial charge in [-0.05, 0) is 6.42 Å². The summed E-state index contributed by atoms with van der Waals surface area (Å²) in [6, 6.07) is 1.81. The third-order valence-electron chi connectivity index (χ3n) is 1.55. The number of hydrogen-bond acceptors (Lipinski definition) is 3. The van der Waals surface area contributed by atoms with Gasteiger partial charge in [-0.1, -0.05) is 12.1 Å². The van der Waals surface area contributed by atoms with Crippen molar-refractivity contribution in [2.24, 2.45) is 0 Å². The van der Waals surface area contributed by atoms with E-state index in [2.05, 4.69) is 10.5 Å². The molecule has 0 radical (unpaired) electrons. The minimum Gasteiger partial charge on any atom is -0.359 e. The molecule has 0 bridgehead atoms. The smallest absolute Gasteiger partial charge is 0.235 e. The van der Waals surface area contributed by atoms with Gasteiger partial charge >= 0.3 is 0 Å². The van der Waals surface area contributed by atoms with Gasteiger partial charge in [0.1, 0.15) is 5.88 Å². The first kappa shape index (κ1) is 10.1. The SMILES string of the molecule is CCc1cc(CNC(=O)CCl)on1. The van der Waals surface area contributed by atoms with E-state index in [1.807, 2.05) is 13.0 Å². The number of amides is 1. The predicted octanol–water partition coefficient (Wildman–Crippen LogP) is 1.09. The van der Waals surface area contributed by atoms with Crippen LogP contribution in [0.2, 0.25) is 0 Å². The molecular formula is C8H11ClN2O2. The van der Waals surface area contributed by atoms with Crippen LogP contribution in [0.25, 0.3) is 0 Å². The van der Waals surface area contributed by atoms with Crippen molar-refractivity contribution < 1.29 is 9.32 Å². The normalized spacial score (nSPS) is 10.0. The molecule has 0 atom stereocenters. The highest BCUT2D eigenvalue weighted by Crippen LogP contribution is 2.03. The van der Waals surface area contributed by atoms with E-state index >= 15 is 0 Å². The van der Waals surface area contributed by atoms with Crippen LogP contribution in [-0.4, -0.2) is 16.9 Å². The van der Waals surface area contributed by atoms with Crippen LogP contribution >= 0.6 is 11.6 Å². The standard InChI is InChI=1S/C8H11ClN2O2/c1-2-6-3-7(13-11-6)5-10-8(12)4-9/h3H,2,4-5H2,1H3,(H,10,12). The van der Waals surface area contributed by atoms with Gasteiger partial charge in [-0.15, -0.1) is 11.6 Å². The molecule has 1 aromatic rings. The summed E-state index contributed by atoms with van der Waals surface area (Å²) >= 11 is 5.29. The lowest BCUT2D eigenvalue weighted by atomic mass is 10.3. The molecule has 1 heterocycles. The second-order valence-corrected chi connectivity index (χ2v) is 2.82. The summed E-state index contributed by atoms with van der Waals surface area (Å²) in [5, 5.41) is 6.36. The Morgan fingerprint density at radius 1 is 1.77 bits per heavy atom. The van der Waals surface area contributed by atoms with E-state index in [9.17, 15) is 4.79 Å². The molecule has 0 aromatic carbocycles. The number of halogens is 1. The van der Waals surface area contributed by atoms with Gasteiger partial charge in [-0.25, -0.2) is 0 Å². The van der Waals surface area contributed by atoms with Crippen molar-refractivity contribution in [1.29, 1.82) is 0 Å². The molecular weight excluding hydrogens is 192 g/mol. The second-order valence-electron chi connectivity index (χ2n) is 2.55. The van der Waals surface area contributed by atoms with Crippen molar-refractivity contribution in [2.75, 3.05) is 5.88 Å². The van der Waals surface area contributed by atoms with Gasteiger partial charge in [-0.3, -0.25) is 4.79 Å². The van der Waals surface area contributed by atoms with Crippen LogP contribution < -0.4 is 5.32 Å². The Kier molecular flexibility index (Phi) is 3.76. The number of hydrogen-bond donors (Lipinski definition) is 1. The van der Waals surface area contributed by atoms with Gasteiger partial charge in [0.2, 0.25) is 5.91 Å². The van der Waals surface area contributed by atoms with E-state index in [1.165, 1.54) is 0 Å². The van der Waals surface area contributed by atoms with E-state index in [4.69, 9.17) is 16.1 Å². The third kappa shape index (κ3) is 3.06. The third-order valence-corrected chi connectivity index (χ3v) is 1.79. The van der Waals surface area contributed by atoms with Crippen LogP contribution in [-0.2, 0) is 17.8 Å². The summed E-state index contributed by atoms with van der Waals surface area (Å²) in [7, 11) is 0. The van der Waals surface area contributed by atoms with E-state index in [0.717, 1.165) is 12.1 Å². The summed E-state index contributed by atoms with van der Waals surface area (Å²) in [6.07, 6.45) is 0.826. The highest BCUT2D eigenvalue weighted by atomic mass is 35.5.